The van der Waals surface area contributed by atoms with Gasteiger partial charge in [0.15, 0.2) is 0 Å². The first-order valence-corrected chi connectivity index (χ1v) is 9.60. The van der Waals surface area contributed by atoms with E-state index in [1.165, 1.54) is 0 Å². The Hall–Kier alpha value is -1.43. The van der Waals surface area contributed by atoms with Gasteiger partial charge in [0.05, 0.1) is 16.9 Å². The Kier molecular flexibility index (Phi) is 5.77. The molecule has 1 saturated heterocycles. The second kappa shape index (κ2) is 7.85. The van der Waals surface area contributed by atoms with Gasteiger partial charge in [0.2, 0.25) is 0 Å². The Morgan fingerprint density at radius 1 is 1.40 bits per heavy atom. The van der Waals surface area contributed by atoms with Crippen LogP contribution in [0, 0.1) is 0 Å². The van der Waals surface area contributed by atoms with Crippen LogP contribution < -0.4 is 10.9 Å². The van der Waals surface area contributed by atoms with Gasteiger partial charge in [-0.15, -0.1) is 0 Å². The van der Waals surface area contributed by atoms with Gasteiger partial charge >= 0.3 is 0 Å². The van der Waals surface area contributed by atoms with Crippen LogP contribution in [0.15, 0.2) is 23.0 Å². The number of aromatic nitrogens is 2. The Morgan fingerprint density at radius 2 is 2.20 bits per heavy atom. The molecular formula is C19H27ClN4O. The van der Waals surface area contributed by atoms with Gasteiger partial charge < -0.3 is 5.32 Å². The van der Waals surface area contributed by atoms with Crippen molar-refractivity contribution in [3.63, 3.8) is 0 Å². The maximum absolute atomic E-state index is 13.0. The van der Waals surface area contributed by atoms with E-state index in [-0.39, 0.29) is 11.6 Å². The number of benzene rings is 1. The summed E-state index contributed by atoms with van der Waals surface area (Å²) in [6, 6.07) is 6.00. The normalized spacial score (nSPS) is 20.1. The third kappa shape index (κ3) is 3.73. The lowest BCUT2D eigenvalue weighted by Crippen LogP contribution is -2.51. The Morgan fingerprint density at radius 3 is 2.88 bits per heavy atom. The van der Waals surface area contributed by atoms with E-state index < -0.39 is 0 Å². The third-order valence-corrected chi connectivity index (χ3v) is 5.20. The Labute approximate surface area is 154 Å². The van der Waals surface area contributed by atoms with Crippen molar-refractivity contribution in [3.05, 3.63) is 39.4 Å². The summed E-state index contributed by atoms with van der Waals surface area (Å²) in [5.74, 6) is 0.887. The average Bonchev–Trinajstić information content (AvgIpc) is 2.60. The molecule has 0 unspecified atom stereocenters. The number of halogens is 1. The van der Waals surface area contributed by atoms with Crippen molar-refractivity contribution in [1.29, 1.82) is 0 Å². The third-order valence-electron chi connectivity index (χ3n) is 4.96. The SMILES string of the molecule is CCC[C@@H](c1nc2ccc(Cl)cc2c(=O)n1CC)N1CCN[C@@H](C)C1. The van der Waals surface area contributed by atoms with Crippen molar-refractivity contribution in [2.75, 3.05) is 19.6 Å². The second-order valence-electron chi connectivity index (χ2n) is 6.84. The van der Waals surface area contributed by atoms with Crippen molar-refractivity contribution in [2.24, 2.45) is 0 Å². The summed E-state index contributed by atoms with van der Waals surface area (Å²) in [5.41, 5.74) is 0.743. The lowest BCUT2D eigenvalue weighted by atomic mass is 10.1. The first kappa shape index (κ1) is 18.4. The summed E-state index contributed by atoms with van der Waals surface area (Å²) >= 11 is 6.08. The molecule has 0 aliphatic carbocycles. The topological polar surface area (TPSA) is 50.2 Å². The maximum Gasteiger partial charge on any atom is 0.261 e. The van der Waals surface area contributed by atoms with Crippen LogP contribution in [0.4, 0.5) is 0 Å². The number of rotatable bonds is 5. The predicted molar refractivity (Wildman–Crippen MR) is 103 cm³/mol. The molecule has 0 amide bonds. The Balaban J connectivity index is 2.13. The molecule has 1 aliphatic heterocycles. The molecule has 0 radical (unpaired) electrons. The molecule has 3 rings (SSSR count). The minimum Gasteiger partial charge on any atom is -0.312 e. The van der Waals surface area contributed by atoms with Crippen LogP contribution >= 0.6 is 11.6 Å². The molecule has 1 aromatic heterocycles. The molecule has 2 atom stereocenters. The van der Waals surface area contributed by atoms with E-state index >= 15 is 0 Å². The smallest absolute Gasteiger partial charge is 0.261 e. The van der Waals surface area contributed by atoms with Gasteiger partial charge in [0.1, 0.15) is 5.82 Å². The van der Waals surface area contributed by atoms with E-state index in [1.807, 2.05) is 17.6 Å². The monoisotopic (exact) mass is 362 g/mol. The van der Waals surface area contributed by atoms with E-state index in [2.05, 4.69) is 24.1 Å². The molecule has 136 valence electrons. The highest BCUT2D eigenvalue weighted by molar-refractivity contribution is 6.31. The molecule has 2 heterocycles. The van der Waals surface area contributed by atoms with Gasteiger partial charge in [-0.25, -0.2) is 4.98 Å². The minimum absolute atomic E-state index is 0.00860. The number of fused-ring (bicyclic) bond motifs is 1. The summed E-state index contributed by atoms with van der Waals surface area (Å²) in [7, 11) is 0. The number of hydrogen-bond acceptors (Lipinski definition) is 4. The Bertz CT molecular complexity index is 804. The quantitative estimate of drug-likeness (QED) is 0.887. The lowest BCUT2D eigenvalue weighted by molar-refractivity contribution is 0.132. The van der Waals surface area contributed by atoms with Gasteiger partial charge in [0.25, 0.3) is 5.56 Å². The zero-order valence-electron chi connectivity index (χ0n) is 15.3. The van der Waals surface area contributed by atoms with Crippen molar-refractivity contribution < 1.29 is 0 Å². The summed E-state index contributed by atoms with van der Waals surface area (Å²) in [6.07, 6.45) is 2.06. The standard InChI is InChI=1S/C19H27ClN4O/c1-4-6-17(23-10-9-21-13(3)12-23)18-22-16-8-7-14(20)11-15(16)19(25)24(18)5-2/h7-8,11,13,17,21H,4-6,9-10,12H2,1-3H3/t13-,17-/m0/s1. The molecule has 2 aromatic rings. The number of nitrogens with zero attached hydrogens (tertiary/aromatic N) is 3. The lowest BCUT2D eigenvalue weighted by Gasteiger charge is -2.38. The van der Waals surface area contributed by atoms with E-state index in [4.69, 9.17) is 16.6 Å². The summed E-state index contributed by atoms with van der Waals surface area (Å²) in [5, 5.41) is 4.66. The van der Waals surface area contributed by atoms with E-state index in [0.717, 1.165) is 43.8 Å². The molecule has 0 bridgehead atoms. The van der Waals surface area contributed by atoms with E-state index in [0.29, 0.717) is 23.0 Å². The number of hydrogen-bond donors (Lipinski definition) is 1. The molecule has 1 fully saturated rings. The van der Waals surface area contributed by atoms with Crippen LogP contribution in [0.1, 0.15) is 45.5 Å². The number of piperazine rings is 1. The van der Waals surface area contributed by atoms with Crippen molar-refractivity contribution in [1.82, 2.24) is 19.8 Å². The van der Waals surface area contributed by atoms with Gasteiger partial charge in [-0.05, 0) is 38.5 Å². The maximum atomic E-state index is 13.0. The van der Waals surface area contributed by atoms with E-state index in [1.54, 1.807) is 12.1 Å². The summed E-state index contributed by atoms with van der Waals surface area (Å²) in [4.78, 5) is 20.4. The number of nitrogens with one attached hydrogen (secondary N) is 1. The zero-order valence-corrected chi connectivity index (χ0v) is 16.0. The van der Waals surface area contributed by atoms with Gasteiger partial charge in [-0.3, -0.25) is 14.3 Å². The molecular weight excluding hydrogens is 336 g/mol. The molecule has 1 N–H and O–H groups in total. The van der Waals surface area contributed by atoms with Gasteiger partial charge in [0, 0.05) is 37.2 Å². The highest BCUT2D eigenvalue weighted by Crippen LogP contribution is 2.26. The van der Waals surface area contributed by atoms with Crippen LogP contribution in [0.5, 0.6) is 0 Å². The fourth-order valence-electron chi connectivity index (χ4n) is 3.76. The van der Waals surface area contributed by atoms with Crippen LogP contribution in [0.25, 0.3) is 10.9 Å². The molecule has 1 aliphatic rings. The first-order valence-electron chi connectivity index (χ1n) is 9.22. The molecule has 0 spiro atoms. The van der Waals surface area contributed by atoms with Crippen molar-refractivity contribution in [3.8, 4) is 0 Å². The minimum atomic E-state index is 0.00860. The molecule has 1 aromatic carbocycles. The van der Waals surface area contributed by atoms with Crippen LogP contribution in [-0.2, 0) is 6.54 Å². The fourth-order valence-corrected chi connectivity index (χ4v) is 3.94. The van der Waals surface area contributed by atoms with Crippen molar-refractivity contribution >= 4 is 22.5 Å². The summed E-state index contributed by atoms with van der Waals surface area (Å²) in [6.45, 7) is 9.95. The zero-order chi connectivity index (χ0) is 18.0. The van der Waals surface area contributed by atoms with Crippen LogP contribution in [0.2, 0.25) is 5.02 Å². The highest BCUT2D eigenvalue weighted by Gasteiger charge is 2.28. The second-order valence-corrected chi connectivity index (χ2v) is 7.27. The average molecular weight is 363 g/mol. The molecule has 6 heteroatoms. The summed E-state index contributed by atoms with van der Waals surface area (Å²) < 4.78 is 1.83. The van der Waals surface area contributed by atoms with E-state index in [9.17, 15) is 4.79 Å². The van der Waals surface area contributed by atoms with Crippen LogP contribution in [-0.4, -0.2) is 40.1 Å². The van der Waals surface area contributed by atoms with Crippen LogP contribution in [0.3, 0.4) is 0 Å². The predicted octanol–water partition coefficient (Wildman–Crippen LogP) is 3.20. The largest absolute Gasteiger partial charge is 0.312 e. The fraction of sp³-hybridized carbons (Fsp3) is 0.579. The molecule has 25 heavy (non-hydrogen) atoms. The van der Waals surface area contributed by atoms with Crippen molar-refractivity contribution in [2.45, 2.75) is 52.2 Å². The molecule has 5 nitrogen and oxygen atoms in total. The first-order chi connectivity index (χ1) is 12.0. The highest BCUT2D eigenvalue weighted by atomic mass is 35.5. The molecule has 0 saturated carbocycles. The van der Waals surface area contributed by atoms with Gasteiger partial charge in [-0.1, -0.05) is 24.9 Å². The van der Waals surface area contributed by atoms with Gasteiger partial charge in [-0.2, -0.15) is 0 Å².